The van der Waals surface area contributed by atoms with Crippen LogP contribution in [0, 0.1) is 0 Å². The minimum absolute atomic E-state index is 0.0182. The topological polar surface area (TPSA) is 54.9 Å². The number of nitrogens with one attached hydrogen (secondary N) is 1. The van der Waals surface area contributed by atoms with E-state index in [0.717, 1.165) is 21.6 Å². The smallest absolute Gasteiger partial charge is 0.230 e. The highest BCUT2D eigenvalue weighted by molar-refractivity contribution is 7.99. The zero-order valence-corrected chi connectivity index (χ0v) is 15.7. The van der Waals surface area contributed by atoms with Gasteiger partial charge in [-0.3, -0.25) is 9.78 Å². The number of amides is 1. The maximum atomic E-state index is 12.4. The minimum Gasteiger partial charge on any atom is -0.349 e. The van der Waals surface area contributed by atoms with Crippen LogP contribution in [-0.2, 0) is 4.79 Å². The third-order valence-electron chi connectivity index (χ3n) is 4.44. The van der Waals surface area contributed by atoms with Crippen LogP contribution in [0.3, 0.4) is 0 Å². The number of aromatic nitrogens is 2. The van der Waals surface area contributed by atoms with Crippen LogP contribution in [0.2, 0.25) is 0 Å². The van der Waals surface area contributed by atoms with Gasteiger partial charge in [0.05, 0.1) is 29.0 Å². The van der Waals surface area contributed by atoms with Gasteiger partial charge in [0.15, 0.2) is 0 Å². The lowest BCUT2D eigenvalue weighted by Gasteiger charge is -2.16. The van der Waals surface area contributed by atoms with Crippen molar-refractivity contribution in [1.29, 1.82) is 0 Å². The van der Waals surface area contributed by atoms with E-state index in [1.165, 1.54) is 22.5 Å². The fourth-order valence-corrected chi connectivity index (χ4v) is 3.79. The molecule has 0 aliphatic carbocycles. The summed E-state index contributed by atoms with van der Waals surface area (Å²) in [6.07, 6.45) is 1.72. The van der Waals surface area contributed by atoms with Crippen LogP contribution in [0.5, 0.6) is 0 Å². The van der Waals surface area contributed by atoms with Gasteiger partial charge >= 0.3 is 0 Å². The summed E-state index contributed by atoms with van der Waals surface area (Å²) in [6.45, 7) is 2.01. The standard InChI is InChI=1S/C22H19N3OS/c1-15(17-10-6-8-16-7-2-3-9-18(16)17)24-21(26)14-27-22-13-23-19-11-4-5-12-20(19)25-22/h2-13,15H,14H2,1H3,(H,24,26)/t15-/m0/s1. The van der Waals surface area contributed by atoms with Gasteiger partial charge in [-0.25, -0.2) is 4.98 Å². The van der Waals surface area contributed by atoms with Crippen molar-refractivity contribution >= 4 is 39.5 Å². The molecule has 0 aliphatic heterocycles. The molecule has 27 heavy (non-hydrogen) atoms. The summed E-state index contributed by atoms with van der Waals surface area (Å²) < 4.78 is 0. The molecule has 1 N–H and O–H groups in total. The van der Waals surface area contributed by atoms with Crippen molar-refractivity contribution in [2.24, 2.45) is 0 Å². The molecule has 4 rings (SSSR count). The van der Waals surface area contributed by atoms with Crippen molar-refractivity contribution in [3.8, 4) is 0 Å². The van der Waals surface area contributed by atoms with Gasteiger partial charge in [0.1, 0.15) is 5.03 Å². The molecule has 0 radical (unpaired) electrons. The highest BCUT2D eigenvalue weighted by atomic mass is 32.2. The van der Waals surface area contributed by atoms with Crippen molar-refractivity contribution in [2.45, 2.75) is 18.0 Å². The van der Waals surface area contributed by atoms with E-state index in [2.05, 4.69) is 39.6 Å². The van der Waals surface area contributed by atoms with Crippen molar-refractivity contribution in [1.82, 2.24) is 15.3 Å². The Morgan fingerprint density at radius 2 is 1.74 bits per heavy atom. The molecule has 4 nitrogen and oxygen atoms in total. The van der Waals surface area contributed by atoms with Crippen molar-refractivity contribution in [3.63, 3.8) is 0 Å². The van der Waals surface area contributed by atoms with Gasteiger partial charge in [0, 0.05) is 0 Å². The van der Waals surface area contributed by atoms with E-state index in [1.54, 1.807) is 6.20 Å². The number of thioether (sulfide) groups is 1. The fraction of sp³-hybridized carbons (Fsp3) is 0.136. The van der Waals surface area contributed by atoms with Gasteiger partial charge < -0.3 is 5.32 Å². The number of para-hydroxylation sites is 2. The third-order valence-corrected chi connectivity index (χ3v) is 5.34. The number of nitrogens with zero attached hydrogens (tertiary/aromatic N) is 2. The van der Waals surface area contributed by atoms with Gasteiger partial charge in [0.25, 0.3) is 0 Å². The van der Waals surface area contributed by atoms with Gasteiger partial charge in [-0.05, 0) is 35.4 Å². The molecule has 134 valence electrons. The molecule has 0 spiro atoms. The quantitative estimate of drug-likeness (QED) is 0.513. The lowest BCUT2D eigenvalue weighted by atomic mass is 10.00. The molecule has 5 heteroatoms. The molecule has 1 atom stereocenters. The second-order valence-corrected chi connectivity index (χ2v) is 7.34. The lowest BCUT2D eigenvalue weighted by molar-refractivity contribution is -0.119. The summed E-state index contributed by atoms with van der Waals surface area (Å²) in [5.74, 6) is 0.290. The first kappa shape index (κ1) is 17.5. The summed E-state index contributed by atoms with van der Waals surface area (Å²) in [4.78, 5) is 21.4. The summed E-state index contributed by atoms with van der Waals surface area (Å²) in [7, 11) is 0. The first-order valence-electron chi connectivity index (χ1n) is 8.82. The summed E-state index contributed by atoms with van der Waals surface area (Å²) in [5, 5.41) is 6.18. The molecule has 1 heterocycles. The minimum atomic E-state index is -0.0631. The first-order valence-corrected chi connectivity index (χ1v) is 9.81. The van der Waals surface area contributed by atoms with Crippen LogP contribution in [0.4, 0.5) is 0 Å². The van der Waals surface area contributed by atoms with E-state index in [1.807, 2.05) is 49.4 Å². The molecule has 0 aliphatic rings. The Hall–Kier alpha value is -2.92. The van der Waals surface area contributed by atoms with Crippen molar-refractivity contribution in [3.05, 3.63) is 78.5 Å². The van der Waals surface area contributed by atoms with Gasteiger partial charge in [0.2, 0.25) is 5.91 Å². The molecular formula is C22H19N3OS. The van der Waals surface area contributed by atoms with Crippen molar-refractivity contribution in [2.75, 3.05) is 5.75 Å². The Bertz CT molecular complexity index is 1110. The average Bonchev–Trinajstić information content (AvgIpc) is 2.71. The number of hydrogen-bond donors (Lipinski definition) is 1. The first-order chi connectivity index (χ1) is 13.2. The SMILES string of the molecule is C[C@H](NC(=O)CSc1cnc2ccccc2n1)c1cccc2ccccc12. The van der Waals surface area contributed by atoms with Crippen molar-refractivity contribution < 1.29 is 4.79 Å². The highest BCUT2D eigenvalue weighted by Gasteiger charge is 2.13. The van der Waals surface area contributed by atoms with Crippen LogP contribution in [0.25, 0.3) is 21.8 Å². The van der Waals surface area contributed by atoms with Crippen LogP contribution in [0.15, 0.2) is 78.0 Å². The number of carbonyl (C=O) groups is 1. The zero-order valence-electron chi connectivity index (χ0n) is 14.9. The molecule has 0 bridgehead atoms. The lowest BCUT2D eigenvalue weighted by Crippen LogP contribution is -2.28. The van der Waals surface area contributed by atoms with Gasteiger partial charge in [-0.15, -0.1) is 0 Å². The largest absolute Gasteiger partial charge is 0.349 e. The van der Waals surface area contributed by atoms with E-state index in [0.29, 0.717) is 5.75 Å². The number of carbonyl (C=O) groups excluding carboxylic acids is 1. The Labute approximate surface area is 162 Å². The van der Waals surface area contributed by atoms with Crippen LogP contribution in [-0.4, -0.2) is 21.6 Å². The molecule has 0 fully saturated rings. The molecule has 1 amide bonds. The van der Waals surface area contributed by atoms with Gasteiger partial charge in [-0.1, -0.05) is 66.4 Å². The monoisotopic (exact) mass is 373 g/mol. The van der Waals surface area contributed by atoms with Gasteiger partial charge in [-0.2, -0.15) is 0 Å². The number of hydrogen-bond acceptors (Lipinski definition) is 4. The Kier molecular flexibility index (Phi) is 5.03. The normalized spacial score (nSPS) is 12.2. The number of fused-ring (bicyclic) bond motifs is 2. The maximum absolute atomic E-state index is 12.4. The van der Waals surface area contributed by atoms with Crippen LogP contribution < -0.4 is 5.32 Å². The average molecular weight is 373 g/mol. The van der Waals surface area contributed by atoms with E-state index in [4.69, 9.17) is 0 Å². The predicted molar refractivity (Wildman–Crippen MR) is 111 cm³/mol. The Balaban J connectivity index is 1.42. The second-order valence-electron chi connectivity index (χ2n) is 6.34. The zero-order chi connectivity index (χ0) is 18.6. The van der Waals surface area contributed by atoms with E-state index in [9.17, 15) is 4.79 Å². The Morgan fingerprint density at radius 1 is 1.00 bits per heavy atom. The highest BCUT2D eigenvalue weighted by Crippen LogP contribution is 2.24. The molecule has 0 saturated heterocycles. The predicted octanol–water partition coefficient (Wildman–Crippen LogP) is 4.75. The van der Waals surface area contributed by atoms with E-state index >= 15 is 0 Å². The third kappa shape index (κ3) is 3.93. The Morgan fingerprint density at radius 3 is 2.63 bits per heavy atom. The fourth-order valence-electron chi connectivity index (χ4n) is 3.14. The summed E-state index contributed by atoms with van der Waals surface area (Å²) in [5.41, 5.74) is 2.82. The molecule has 0 unspecified atom stereocenters. The van der Waals surface area contributed by atoms with Crippen LogP contribution in [0.1, 0.15) is 18.5 Å². The summed E-state index contributed by atoms with van der Waals surface area (Å²) in [6, 6.07) is 22.1. The number of rotatable bonds is 5. The number of benzene rings is 3. The molecular weight excluding hydrogens is 354 g/mol. The second kappa shape index (κ2) is 7.76. The summed E-state index contributed by atoms with van der Waals surface area (Å²) >= 11 is 1.40. The molecule has 3 aromatic carbocycles. The molecule has 0 saturated carbocycles. The van der Waals surface area contributed by atoms with E-state index in [-0.39, 0.29) is 11.9 Å². The van der Waals surface area contributed by atoms with Crippen LogP contribution >= 0.6 is 11.8 Å². The maximum Gasteiger partial charge on any atom is 0.230 e. The molecule has 4 aromatic rings. The van der Waals surface area contributed by atoms with E-state index < -0.39 is 0 Å². The molecule has 1 aromatic heterocycles.